The second-order valence-electron chi connectivity index (χ2n) is 5.21. The van der Waals surface area contributed by atoms with Crippen LogP contribution in [0.15, 0.2) is 12.1 Å². The van der Waals surface area contributed by atoms with E-state index in [1.54, 1.807) is 12.1 Å². The Labute approximate surface area is 125 Å². The van der Waals surface area contributed by atoms with Gasteiger partial charge in [-0.25, -0.2) is 4.79 Å². The van der Waals surface area contributed by atoms with Crippen LogP contribution in [0.5, 0.6) is 0 Å². The van der Waals surface area contributed by atoms with Crippen molar-refractivity contribution in [2.24, 2.45) is 0 Å². The molecule has 0 unspecified atom stereocenters. The summed E-state index contributed by atoms with van der Waals surface area (Å²) in [6, 6.07) is 3.30. The molecule has 0 spiro atoms. The Bertz CT molecular complexity index is 428. The Kier molecular flexibility index (Phi) is 6.40. The molecular weight excluding hydrogens is 270 g/mol. The maximum atomic E-state index is 11.2. The Morgan fingerprint density at radius 3 is 2.62 bits per heavy atom. The minimum atomic E-state index is -0.481. The third-order valence-electron chi connectivity index (χ3n) is 3.62. The van der Waals surface area contributed by atoms with Crippen molar-refractivity contribution in [1.82, 2.24) is 10.2 Å². The molecule has 21 heavy (non-hydrogen) atoms. The Morgan fingerprint density at radius 1 is 1.24 bits per heavy atom. The highest BCUT2D eigenvalue weighted by Gasteiger charge is 2.12. The van der Waals surface area contributed by atoms with Gasteiger partial charge in [0.1, 0.15) is 5.82 Å². The van der Waals surface area contributed by atoms with E-state index < -0.39 is 5.97 Å². The molecule has 0 saturated heterocycles. The van der Waals surface area contributed by atoms with Crippen LogP contribution in [0.2, 0.25) is 0 Å². The number of nitrogens with one attached hydrogen (secondary N) is 1. The molecule has 0 aliphatic heterocycles. The summed E-state index contributed by atoms with van der Waals surface area (Å²) in [4.78, 5) is 11.2. The number of esters is 1. The third-order valence-corrected chi connectivity index (χ3v) is 3.62. The maximum absolute atomic E-state index is 11.2. The maximum Gasteiger partial charge on any atom is 0.358 e. The quantitative estimate of drug-likeness (QED) is 0.493. The number of carbonyl (C=O) groups excluding carboxylic acids is 1. The van der Waals surface area contributed by atoms with E-state index in [4.69, 9.17) is 4.74 Å². The molecule has 0 amide bonds. The number of hydrogen-bond donors (Lipinski definition) is 1. The van der Waals surface area contributed by atoms with Gasteiger partial charge in [0.25, 0.3) is 0 Å². The fourth-order valence-electron chi connectivity index (χ4n) is 2.45. The topological polar surface area (TPSA) is 73.3 Å². The summed E-state index contributed by atoms with van der Waals surface area (Å²) in [7, 11) is 1.32. The number of nitrogens with zero attached hydrogens (tertiary/aromatic N) is 2. The molecule has 1 saturated carbocycles. The Balaban J connectivity index is 1.67. The number of rotatable bonds is 6. The SMILES string of the molecule is COC(=O)c1ccc(NCCOC2CCCCCC2)nn1. The normalized spacial score (nSPS) is 16.2. The molecule has 2 rings (SSSR count). The summed E-state index contributed by atoms with van der Waals surface area (Å²) in [5, 5.41) is 10.9. The van der Waals surface area contributed by atoms with Gasteiger partial charge in [0.05, 0.1) is 19.8 Å². The van der Waals surface area contributed by atoms with Crippen LogP contribution < -0.4 is 5.32 Å². The second-order valence-corrected chi connectivity index (χ2v) is 5.21. The zero-order valence-corrected chi connectivity index (χ0v) is 12.5. The minimum Gasteiger partial charge on any atom is -0.464 e. The van der Waals surface area contributed by atoms with Crippen LogP contribution in [0.1, 0.15) is 49.0 Å². The number of methoxy groups -OCH3 is 1. The van der Waals surface area contributed by atoms with E-state index in [1.165, 1.54) is 45.6 Å². The summed E-state index contributed by atoms with van der Waals surface area (Å²) in [6.45, 7) is 1.34. The molecule has 1 aliphatic rings. The summed E-state index contributed by atoms with van der Waals surface area (Å²) in [5.74, 6) is 0.151. The van der Waals surface area contributed by atoms with Crippen LogP contribution in [-0.4, -0.2) is 42.5 Å². The van der Waals surface area contributed by atoms with E-state index in [2.05, 4.69) is 20.3 Å². The van der Waals surface area contributed by atoms with Crippen LogP contribution in [0, 0.1) is 0 Å². The molecule has 1 heterocycles. The molecule has 1 N–H and O–H groups in total. The van der Waals surface area contributed by atoms with Gasteiger partial charge >= 0.3 is 5.97 Å². The highest BCUT2D eigenvalue weighted by molar-refractivity contribution is 5.86. The molecule has 116 valence electrons. The predicted octanol–water partition coefficient (Wildman–Crippen LogP) is 2.41. The number of aromatic nitrogens is 2. The number of carbonyl (C=O) groups is 1. The highest BCUT2D eigenvalue weighted by Crippen LogP contribution is 2.19. The summed E-state index contributed by atoms with van der Waals surface area (Å²) in [5.41, 5.74) is 0.206. The van der Waals surface area contributed by atoms with Crippen LogP contribution in [0.3, 0.4) is 0 Å². The van der Waals surface area contributed by atoms with Gasteiger partial charge < -0.3 is 14.8 Å². The molecule has 1 aromatic heterocycles. The van der Waals surface area contributed by atoms with E-state index in [-0.39, 0.29) is 5.69 Å². The lowest BCUT2D eigenvalue weighted by molar-refractivity contribution is 0.0501. The average molecular weight is 293 g/mol. The van der Waals surface area contributed by atoms with E-state index in [9.17, 15) is 4.79 Å². The van der Waals surface area contributed by atoms with Crippen molar-refractivity contribution in [3.63, 3.8) is 0 Å². The lowest BCUT2D eigenvalue weighted by Crippen LogP contribution is -2.18. The standard InChI is InChI=1S/C15H23N3O3/c1-20-15(19)13-8-9-14(18-17-13)16-10-11-21-12-6-4-2-3-5-7-12/h8-9,12H,2-7,10-11H2,1H3,(H,16,18). The van der Waals surface area contributed by atoms with Gasteiger partial charge in [-0.15, -0.1) is 10.2 Å². The van der Waals surface area contributed by atoms with Crippen molar-refractivity contribution >= 4 is 11.8 Å². The molecule has 0 bridgehead atoms. The third kappa shape index (κ3) is 5.30. The van der Waals surface area contributed by atoms with Crippen LogP contribution in [-0.2, 0) is 9.47 Å². The fourth-order valence-corrected chi connectivity index (χ4v) is 2.45. The molecule has 1 aliphatic carbocycles. The van der Waals surface area contributed by atoms with Crippen molar-refractivity contribution in [3.05, 3.63) is 17.8 Å². The molecule has 1 aromatic rings. The van der Waals surface area contributed by atoms with Gasteiger partial charge in [-0.3, -0.25) is 0 Å². The first-order chi connectivity index (χ1) is 10.3. The smallest absolute Gasteiger partial charge is 0.358 e. The highest BCUT2D eigenvalue weighted by atomic mass is 16.5. The Hall–Kier alpha value is -1.69. The first-order valence-electron chi connectivity index (χ1n) is 7.57. The molecule has 6 heteroatoms. The van der Waals surface area contributed by atoms with E-state index in [0.717, 1.165) is 0 Å². The van der Waals surface area contributed by atoms with Crippen LogP contribution in [0.25, 0.3) is 0 Å². The molecule has 0 atom stereocenters. The zero-order valence-electron chi connectivity index (χ0n) is 12.5. The van der Waals surface area contributed by atoms with E-state index in [1.807, 2.05) is 0 Å². The monoisotopic (exact) mass is 293 g/mol. The van der Waals surface area contributed by atoms with Crippen LogP contribution in [0.4, 0.5) is 5.82 Å². The summed E-state index contributed by atoms with van der Waals surface area (Å²) < 4.78 is 10.4. The van der Waals surface area contributed by atoms with Crippen molar-refractivity contribution < 1.29 is 14.3 Å². The summed E-state index contributed by atoms with van der Waals surface area (Å²) in [6.07, 6.45) is 7.97. The fraction of sp³-hybridized carbons (Fsp3) is 0.667. The molecule has 0 radical (unpaired) electrons. The van der Waals surface area contributed by atoms with Gasteiger partial charge in [-0.1, -0.05) is 25.7 Å². The molecule has 6 nitrogen and oxygen atoms in total. The Morgan fingerprint density at radius 2 is 2.00 bits per heavy atom. The van der Waals surface area contributed by atoms with Crippen LogP contribution >= 0.6 is 0 Å². The van der Waals surface area contributed by atoms with Gasteiger partial charge in [0.15, 0.2) is 5.69 Å². The molecular formula is C15H23N3O3. The first kappa shape index (κ1) is 15.7. The average Bonchev–Trinajstić information content (AvgIpc) is 2.80. The van der Waals surface area contributed by atoms with Crippen molar-refractivity contribution in [2.45, 2.75) is 44.6 Å². The number of anilines is 1. The summed E-state index contributed by atoms with van der Waals surface area (Å²) >= 11 is 0. The van der Waals surface area contributed by atoms with Crippen molar-refractivity contribution in [2.75, 3.05) is 25.6 Å². The second kappa shape index (κ2) is 8.56. The van der Waals surface area contributed by atoms with Gasteiger partial charge in [0.2, 0.25) is 0 Å². The lowest BCUT2D eigenvalue weighted by atomic mass is 10.1. The number of hydrogen-bond acceptors (Lipinski definition) is 6. The first-order valence-corrected chi connectivity index (χ1v) is 7.57. The lowest BCUT2D eigenvalue weighted by Gasteiger charge is -2.15. The molecule has 1 fully saturated rings. The van der Waals surface area contributed by atoms with Gasteiger partial charge in [0, 0.05) is 6.54 Å². The number of ether oxygens (including phenoxy) is 2. The predicted molar refractivity (Wildman–Crippen MR) is 79.3 cm³/mol. The zero-order chi connectivity index (χ0) is 14.9. The van der Waals surface area contributed by atoms with E-state index in [0.29, 0.717) is 25.1 Å². The van der Waals surface area contributed by atoms with Gasteiger partial charge in [-0.2, -0.15) is 0 Å². The minimum absolute atomic E-state index is 0.206. The largest absolute Gasteiger partial charge is 0.464 e. The van der Waals surface area contributed by atoms with Crippen molar-refractivity contribution in [1.29, 1.82) is 0 Å². The molecule has 0 aromatic carbocycles. The van der Waals surface area contributed by atoms with Gasteiger partial charge in [-0.05, 0) is 25.0 Å². The van der Waals surface area contributed by atoms with E-state index >= 15 is 0 Å². The van der Waals surface area contributed by atoms with Crippen molar-refractivity contribution in [3.8, 4) is 0 Å².